The monoisotopic (exact) mass is 315 g/mol. The third-order valence-electron chi connectivity index (χ3n) is 4.12. The van der Waals surface area contributed by atoms with E-state index in [2.05, 4.69) is 42.9 Å². The van der Waals surface area contributed by atoms with E-state index in [0.717, 1.165) is 43.4 Å². The van der Waals surface area contributed by atoms with Crippen LogP contribution in [0.1, 0.15) is 38.1 Å². The standard InChI is InChI=1S/C14H15N3O2.C4H10/c1-10(18)12-5-15-17-3-2-11(4-13(12)17)16-6-14(7-16)8-19-9-14;1-4(2)3/h2-5H,6-9H2,1H3;4H,1-3H3. The van der Waals surface area contributed by atoms with Crippen molar-refractivity contribution >= 4 is 17.0 Å². The highest BCUT2D eigenvalue weighted by molar-refractivity contribution is 6.00. The molecule has 0 bridgehead atoms. The van der Waals surface area contributed by atoms with Crippen LogP contribution >= 0.6 is 0 Å². The molecule has 5 nitrogen and oxygen atoms in total. The molecule has 0 aromatic carbocycles. The number of aromatic nitrogens is 2. The van der Waals surface area contributed by atoms with E-state index in [9.17, 15) is 4.79 Å². The van der Waals surface area contributed by atoms with Crippen molar-refractivity contribution in [3.05, 3.63) is 30.1 Å². The Kier molecular flexibility index (Phi) is 4.15. The summed E-state index contributed by atoms with van der Waals surface area (Å²) in [6.45, 7) is 11.9. The summed E-state index contributed by atoms with van der Waals surface area (Å²) < 4.78 is 7.04. The number of rotatable bonds is 2. The van der Waals surface area contributed by atoms with Gasteiger partial charge in [-0.2, -0.15) is 5.10 Å². The number of ether oxygens (including phenoxy) is 1. The van der Waals surface area contributed by atoms with Crippen LogP contribution in [0.5, 0.6) is 0 Å². The normalized spacial score (nSPS) is 18.4. The number of anilines is 1. The number of Topliss-reactive ketones (excluding diaryl/α,β-unsaturated/α-hetero) is 1. The lowest BCUT2D eigenvalue weighted by atomic mass is 9.78. The van der Waals surface area contributed by atoms with Crippen molar-refractivity contribution in [3.8, 4) is 0 Å². The zero-order chi connectivity index (χ0) is 16.6. The number of hydrogen-bond donors (Lipinski definition) is 0. The van der Waals surface area contributed by atoms with Gasteiger partial charge in [-0.1, -0.05) is 20.8 Å². The van der Waals surface area contributed by atoms with E-state index in [1.165, 1.54) is 0 Å². The average Bonchev–Trinajstić information content (AvgIpc) is 2.77. The molecular weight excluding hydrogens is 290 g/mol. The molecule has 2 aromatic heterocycles. The van der Waals surface area contributed by atoms with Gasteiger partial charge in [0.1, 0.15) is 0 Å². The zero-order valence-electron chi connectivity index (χ0n) is 14.4. The van der Waals surface area contributed by atoms with Crippen molar-refractivity contribution in [1.29, 1.82) is 0 Å². The minimum Gasteiger partial charge on any atom is -0.380 e. The Balaban J connectivity index is 0.000000354. The molecule has 0 N–H and O–H groups in total. The molecule has 2 fully saturated rings. The van der Waals surface area contributed by atoms with Crippen LogP contribution in [0, 0.1) is 11.3 Å². The highest BCUT2D eigenvalue weighted by Gasteiger charge is 2.49. The molecule has 0 saturated carbocycles. The van der Waals surface area contributed by atoms with E-state index >= 15 is 0 Å². The van der Waals surface area contributed by atoms with Gasteiger partial charge in [0.15, 0.2) is 5.78 Å². The van der Waals surface area contributed by atoms with E-state index in [-0.39, 0.29) is 5.78 Å². The topological polar surface area (TPSA) is 46.8 Å². The summed E-state index contributed by atoms with van der Waals surface area (Å²) in [5.74, 6) is 0.889. The largest absolute Gasteiger partial charge is 0.380 e. The van der Waals surface area contributed by atoms with Crippen molar-refractivity contribution in [2.45, 2.75) is 27.7 Å². The number of hydrogen-bond acceptors (Lipinski definition) is 4. The Morgan fingerprint density at radius 3 is 2.48 bits per heavy atom. The number of pyridine rings is 1. The molecule has 4 rings (SSSR count). The second-order valence-electron chi connectivity index (χ2n) is 7.41. The first-order valence-electron chi connectivity index (χ1n) is 8.21. The third-order valence-corrected chi connectivity index (χ3v) is 4.12. The van der Waals surface area contributed by atoms with Crippen molar-refractivity contribution in [2.24, 2.45) is 11.3 Å². The van der Waals surface area contributed by atoms with E-state index < -0.39 is 0 Å². The van der Waals surface area contributed by atoms with Crippen LogP contribution in [-0.4, -0.2) is 41.7 Å². The molecule has 2 aromatic rings. The van der Waals surface area contributed by atoms with Crippen LogP contribution in [0.3, 0.4) is 0 Å². The van der Waals surface area contributed by atoms with Crippen LogP contribution in [0.25, 0.3) is 5.52 Å². The van der Waals surface area contributed by atoms with Gasteiger partial charge in [0.25, 0.3) is 0 Å². The Bertz CT molecular complexity index is 705. The molecule has 23 heavy (non-hydrogen) atoms. The summed E-state index contributed by atoms with van der Waals surface area (Å²) in [4.78, 5) is 13.9. The van der Waals surface area contributed by atoms with Crippen molar-refractivity contribution in [3.63, 3.8) is 0 Å². The van der Waals surface area contributed by atoms with Gasteiger partial charge in [0.2, 0.25) is 0 Å². The van der Waals surface area contributed by atoms with E-state index in [1.807, 2.05) is 6.20 Å². The minimum absolute atomic E-state index is 0.0552. The number of carbonyl (C=O) groups is 1. The van der Waals surface area contributed by atoms with Gasteiger partial charge in [-0.05, 0) is 25.0 Å². The molecule has 2 saturated heterocycles. The van der Waals surface area contributed by atoms with Gasteiger partial charge in [-0.15, -0.1) is 0 Å². The highest BCUT2D eigenvalue weighted by atomic mass is 16.5. The number of fused-ring (bicyclic) bond motifs is 1. The summed E-state index contributed by atoms with van der Waals surface area (Å²) >= 11 is 0. The highest BCUT2D eigenvalue weighted by Crippen LogP contribution is 2.40. The fourth-order valence-corrected chi connectivity index (χ4v) is 2.96. The van der Waals surface area contributed by atoms with Gasteiger partial charge < -0.3 is 9.64 Å². The summed E-state index contributed by atoms with van der Waals surface area (Å²) in [7, 11) is 0. The SMILES string of the molecule is CC(=O)c1cnn2ccc(N3CC4(COC4)C3)cc12.CC(C)C. The number of ketones is 1. The minimum atomic E-state index is 0.0552. The summed E-state index contributed by atoms with van der Waals surface area (Å²) in [6.07, 6.45) is 3.55. The maximum absolute atomic E-state index is 11.6. The molecule has 0 aliphatic carbocycles. The van der Waals surface area contributed by atoms with Crippen LogP contribution in [0.15, 0.2) is 24.5 Å². The number of nitrogens with zero attached hydrogens (tertiary/aromatic N) is 3. The van der Waals surface area contributed by atoms with Gasteiger partial charge in [-0.3, -0.25) is 4.79 Å². The maximum Gasteiger partial charge on any atom is 0.163 e. The fraction of sp³-hybridized carbons (Fsp3) is 0.556. The smallest absolute Gasteiger partial charge is 0.163 e. The molecule has 124 valence electrons. The fourth-order valence-electron chi connectivity index (χ4n) is 2.96. The molecule has 1 spiro atoms. The lowest BCUT2D eigenvalue weighted by Gasteiger charge is -2.56. The van der Waals surface area contributed by atoms with Crippen LogP contribution < -0.4 is 4.90 Å². The quantitative estimate of drug-likeness (QED) is 0.799. The lowest BCUT2D eigenvalue weighted by Crippen LogP contribution is -2.66. The lowest BCUT2D eigenvalue weighted by molar-refractivity contribution is -0.127. The predicted octanol–water partition coefficient (Wildman–Crippen LogP) is 3.04. The van der Waals surface area contributed by atoms with Crippen molar-refractivity contribution in [1.82, 2.24) is 9.61 Å². The first-order chi connectivity index (χ1) is 10.9. The maximum atomic E-state index is 11.6. The molecule has 5 heteroatoms. The molecule has 0 atom stereocenters. The first-order valence-corrected chi connectivity index (χ1v) is 8.21. The molecule has 2 aliphatic heterocycles. The van der Waals surface area contributed by atoms with Crippen molar-refractivity contribution < 1.29 is 9.53 Å². The first kappa shape index (κ1) is 16.0. The van der Waals surface area contributed by atoms with Gasteiger partial charge in [0.05, 0.1) is 35.9 Å². The van der Waals surface area contributed by atoms with Crippen LogP contribution in [0.4, 0.5) is 5.69 Å². The van der Waals surface area contributed by atoms with Gasteiger partial charge >= 0.3 is 0 Å². The Hall–Kier alpha value is -1.88. The Morgan fingerprint density at radius 2 is 1.96 bits per heavy atom. The van der Waals surface area contributed by atoms with E-state index in [0.29, 0.717) is 11.0 Å². The third kappa shape index (κ3) is 3.11. The number of carbonyl (C=O) groups excluding carboxylic acids is 1. The second kappa shape index (κ2) is 5.96. The van der Waals surface area contributed by atoms with Crippen LogP contribution in [0.2, 0.25) is 0 Å². The molecule has 0 radical (unpaired) electrons. The van der Waals surface area contributed by atoms with Crippen LogP contribution in [-0.2, 0) is 4.74 Å². The molecule has 2 aliphatic rings. The van der Waals surface area contributed by atoms with Gasteiger partial charge in [0, 0.05) is 25.0 Å². The molecule has 0 amide bonds. The average molecular weight is 315 g/mol. The Labute approximate surface area is 137 Å². The molecular formula is C18H25N3O2. The summed E-state index contributed by atoms with van der Waals surface area (Å²) in [5.41, 5.74) is 3.13. The zero-order valence-corrected chi connectivity index (χ0v) is 14.4. The second-order valence-corrected chi connectivity index (χ2v) is 7.41. The molecule has 0 unspecified atom stereocenters. The van der Waals surface area contributed by atoms with E-state index in [4.69, 9.17) is 4.74 Å². The summed E-state index contributed by atoms with van der Waals surface area (Å²) in [6, 6.07) is 4.10. The molecule has 4 heterocycles. The van der Waals surface area contributed by atoms with Gasteiger partial charge in [-0.25, -0.2) is 4.52 Å². The Morgan fingerprint density at radius 1 is 1.30 bits per heavy atom. The van der Waals surface area contributed by atoms with Crippen molar-refractivity contribution in [2.75, 3.05) is 31.2 Å². The summed E-state index contributed by atoms with van der Waals surface area (Å²) in [5, 5.41) is 4.20. The predicted molar refractivity (Wildman–Crippen MR) is 91.2 cm³/mol. The van der Waals surface area contributed by atoms with E-state index in [1.54, 1.807) is 17.6 Å².